The molecule has 0 spiro atoms. The summed E-state index contributed by atoms with van der Waals surface area (Å²) in [6, 6.07) is 12.6. The molecule has 1 saturated heterocycles. The molecule has 2 amide bonds. The third kappa shape index (κ3) is 4.79. The van der Waals surface area contributed by atoms with Crippen LogP contribution in [-0.2, 0) is 9.59 Å². The third-order valence-corrected chi connectivity index (χ3v) is 5.34. The van der Waals surface area contributed by atoms with Crippen molar-refractivity contribution in [1.82, 2.24) is 4.90 Å². The van der Waals surface area contributed by atoms with Gasteiger partial charge in [0.15, 0.2) is 0 Å². The maximum absolute atomic E-state index is 12.7. The van der Waals surface area contributed by atoms with Gasteiger partial charge in [0.25, 0.3) is 11.6 Å². The Bertz CT molecular complexity index is 1020. The lowest BCUT2D eigenvalue weighted by atomic mass is 10.2. The first-order valence-electron chi connectivity index (χ1n) is 8.31. The monoisotopic (exact) mass is 429 g/mol. The highest BCUT2D eigenvalue weighted by Crippen LogP contribution is 2.34. The number of amides is 2. The molecule has 0 unspecified atom stereocenters. The molecule has 0 aliphatic carbocycles. The van der Waals surface area contributed by atoms with Crippen molar-refractivity contribution in [2.45, 2.75) is 0 Å². The number of non-ortho nitro benzene ring substituents is 1. The molecule has 0 radical (unpaired) electrons. The lowest BCUT2D eigenvalue weighted by molar-refractivity contribution is -0.384. The summed E-state index contributed by atoms with van der Waals surface area (Å²) in [6.45, 7) is -0.259. The minimum Gasteiger partial charge on any atom is -0.496 e. The number of nitrogens with zero attached hydrogens (tertiary/aromatic N) is 2. The van der Waals surface area contributed by atoms with Crippen molar-refractivity contribution < 1.29 is 19.2 Å². The summed E-state index contributed by atoms with van der Waals surface area (Å²) in [5, 5.41) is 13.3. The molecule has 2 aromatic rings. The Morgan fingerprint density at radius 1 is 1.28 bits per heavy atom. The first-order valence-corrected chi connectivity index (χ1v) is 9.54. The molecular formula is C19H15N3O5S2. The molecule has 10 heteroatoms. The van der Waals surface area contributed by atoms with E-state index >= 15 is 0 Å². The Labute approximate surface area is 175 Å². The number of carbonyl (C=O) groups is 2. The van der Waals surface area contributed by atoms with E-state index in [1.807, 2.05) is 18.2 Å². The molecular weight excluding hydrogens is 414 g/mol. The van der Waals surface area contributed by atoms with Gasteiger partial charge in [-0.2, -0.15) is 0 Å². The number of rotatable bonds is 6. The van der Waals surface area contributed by atoms with Gasteiger partial charge in [0.2, 0.25) is 5.91 Å². The Morgan fingerprint density at radius 2 is 1.97 bits per heavy atom. The topological polar surface area (TPSA) is 102 Å². The van der Waals surface area contributed by atoms with Crippen LogP contribution in [0, 0.1) is 10.1 Å². The standard InChI is InChI=1S/C19H15N3O5S2/c1-27-15-5-3-2-4-12(15)10-16-18(24)21(19(28)29-16)11-17(23)20-13-6-8-14(9-7-13)22(25)26/h2-10H,11H2,1H3,(H,20,23)/b16-10-. The normalized spacial score (nSPS) is 14.9. The zero-order valence-electron chi connectivity index (χ0n) is 15.2. The van der Waals surface area contributed by atoms with E-state index in [0.717, 1.165) is 17.3 Å². The second-order valence-corrected chi connectivity index (χ2v) is 7.54. The molecule has 0 saturated carbocycles. The molecule has 1 fully saturated rings. The summed E-state index contributed by atoms with van der Waals surface area (Å²) in [7, 11) is 1.54. The summed E-state index contributed by atoms with van der Waals surface area (Å²) in [5.74, 6) is -0.216. The van der Waals surface area contributed by atoms with E-state index in [4.69, 9.17) is 17.0 Å². The predicted octanol–water partition coefficient (Wildman–Crippen LogP) is 3.44. The summed E-state index contributed by atoms with van der Waals surface area (Å²) in [6.07, 6.45) is 1.67. The zero-order valence-corrected chi connectivity index (χ0v) is 16.8. The first-order chi connectivity index (χ1) is 13.9. The van der Waals surface area contributed by atoms with Gasteiger partial charge in [-0.25, -0.2) is 0 Å². The number of benzene rings is 2. The van der Waals surface area contributed by atoms with E-state index in [-0.39, 0.29) is 22.5 Å². The maximum atomic E-state index is 12.7. The molecule has 0 atom stereocenters. The fraction of sp³-hybridized carbons (Fsp3) is 0.105. The van der Waals surface area contributed by atoms with Crippen LogP contribution in [0.5, 0.6) is 5.75 Å². The number of methoxy groups -OCH3 is 1. The van der Waals surface area contributed by atoms with Crippen molar-refractivity contribution in [2.24, 2.45) is 0 Å². The molecule has 29 heavy (non-hydrogen) atoms. The second kappa shape index (κ2) is 8.84. The van der Waals surface area contributed by atoms with E-state index in [2.05, 4.69) is 5.32 Å². The summed E-state index contributed by atoms with van der Waals surface area (Å²) >= 11 is 6.35. The zero-order chi connectivity index (χ0) is 21.0. The van der Waals surface area contributed by atoms with E-state index in [1.54, 1.807) is 19.3 Å². The van der Waals surface area contributed by atoms with Gasteiger partial charge in [-0.3, -0.25) is 24.6 Å². The van der Waals surface area contributed by atoms with Crippen molar-refractivity contribution >= 4 is 57.6 Å². The fourth-order valence-electron chi connectivity index (χ4n) is 2.57. The van der Waals surface area contributed by atoms with Gasteiger partial charge < -0.3 is 10.1 Å². The largest absolute Gasteiger partial charge is 0.496 e. The SMILES string of the molecule is COc1ccccc1/C=C1\SC(=S)N(CC(=O)Nc2ccc([N+](=O)[O-])cc2)C1=O. The van der Waals surface area contributed by atoms with Gasteiger partial charge in [0.05, 0.1) is 16.9 Å². The molecule has 3 rings (SSSR count). The van der Waals surface area contributed by atoms with Gasteiger partial charge in [-0.15, -0.1) is 0 Å². The van der Waals surface area contributed by atoms with Crippen molar-refractivity contribution in [3.63, 3.8) is 0 Å². The Kier molecular flexibility index (Phi) is 6.25. The van der Waals surface area contributed by atoms with Crippen molar-refractivity contribution in [2.75, 3.05) is 19.0 Å². The van der Waals surface area contributed by atoms with Crippen LogP contribution in [0.3, 0.4) is 0 Å². The minimum absolute atomic E-state index is 0.0820. The summed E-state index contributed by atoms with van der Waals surface area (Å²) in [4.78, 5) is 36.7. The molecule has 1 aliphatic rings. The van der Waals surface area contributed by atoms with Crippen molar-refractivity contribution in [3.05, 3.63) is 69.1 Å². The highest BCUT2D eigenvalue weighted by molar-refractivity contribution is 8.26. The van der Waals surface area contributed by atoms with Gasteiger partial charge in [-0.1, -0.05) is 42.2 Å². The van der Waals surface area contributed by atoms with Crippen LogP contribution in [0.4, 0.5) is 11.4 Å². The number of ether oxygens (including phenoxy) is 1. The smallest absolute Gasteiger partial charge is 0.269 e. The molecule has 1 N–H and O–H groups in total. The number of nitro benzene ring substituents is 1. The summed E-state index contributed by atoms with van der Waals surface area (Å²) < 4.78 is 5.55. The number of carbonyl (C=O) groups excluding carboxylic acids is 2. The maximum Gasteiger partial charge on any atom is 0.269 e. The van der Waals surface area contributed by atoms with Crippen LogP contribution in [0.2, 0.25) is 0 Å². The molecule has 148 valence electrons. The van der Waals surface area contributed by atoms with E-state index in [9.17, 15) is 19.7 Å². The first kappa shape index (κ1) is 20.5. The Morgan fingerprint density at radius 3 is 2.62 bits per heavy atom. The quantitative estimate of drug-likeness (QED) is 0.325. The van der Waals surface area contributed by atoms with Crippen LogP contribution in [0.1, 0.15) is 5.56 Å². The van der Waals surface area contributed by atoms with Crippen molar-refractivity contribution in [3.8, 4) is 5.75 Å². The van der Waals surface area contributed by atoms with Crippen LogP contribution in [0.25, 0.3) is 6.08 Å². The minimum atomic E-state index is -0.528. The van der Waals surface area contributed by atoms with E-state index in [1.165, 1.54) is 29.2 Å². The average molecular weight is 429 g/mol. The lowest BCUT2D eigenvalue weighted by Crippen LogP contribution is -2.36. The second-order valence-electron chi connectivity index (χ2n) is 5.86. The van der Waals surface area contributed by atoms with E-state index < -0.39 is 10.8 Å². The molecule has 0 aromatic heterocycles. The highest BCUT2D eigenvalue weighted by atomic mass is 32.2. The summed E-state index contributed by atoms with van der Waals surface area (Å²) in [5.41, 5.74) is 1.03. The van der Waals surface area contributed by atoms with E-state index in [0.29, 0.717) is 16.3 Å². The Balaban J connectivity index is 1.69. The Hall–Kier alpha value is -3.24. The lowest BCUT2D eigenvalue weighted by Gasteiger charge is -2.14. The van der Waals surface area contributed by atoms with Crippen LogP contribution in [-0.4, -0.2) is 39.6 Å². The van der Waals surface area contributed by atoms with Gasteiger partial charge in [-0.05, 0) is 24.3 Å². The van der Waals surface area contributed by atoms with Crippen LogP contribution >= 0.6 is 24.0 Å². The molecule has 8 nitrogen and oxygen atoms in total. The average Bonchev–Trinajstić information content (AvgIpc) is 2.96. The highest BCUT2D eigenvalue weighted by Gasteiger charge is 2.33. The third-order valence-electron chi connectivity index (χ3n) is 3.96. The number of thiocarbonyl (C=S) groups is 1. The number of para-hydroxylation sites is 1. The number of anilines is 1. The molecule has 0 bridgehead atoms. The molecule has 1 heterocycles. The van der Waals surface area contributed by atoms with Crippen LogP contribution in [0.15, 0.2) is 53.4 Å². The number of hydrogen-bond acceptors (Lipinski definition) is 7. The number of nitrogens with one attached hydrogen (secondary N) is 1. The number of thioether (sulfide) groups is 1. The number of nitro groups is 1. The molecule has 2 aromatic carbocycles. The van der Waals surface area contributed by atoms with Crippen LogP contribution < -0.4 is 10.1 Å². The van der Waals surface area contributed by atoms with Gasteiger partial charge in [0, 0.05) is 23.4 Å². The predicted molar refractivity (Wildman–Crippen MR) is 115 cm³/mol. The van der Waals surface area contributed by atoms with Gasteiger partial charge >= 0.3 is 0 Å². The molecule has 1 aliphatic heterocycles. The van der Waals surface area contributed by atoms with Gasteiger partial charge in [0.1, 0.15) is 16.6 Å². The van der Waals surface area contributed by atoms with Crippen molar-refractivity contribution in [1.29, 1.82) is 0 Å². The fourth-order valence-corrected chi connectivity index (χ4v) is 3.82. The number of hydrogen-bond donors (Lipinski definition) is 1.